The maximum absolute atomic E-state index is 13.7. The van der Waals surface area contributed by atoms with E-state index >= 15 is 0 Å². The summed E-state index contributed by atoms with van der Waals surface area (Å²) in [5.74, 6) is -1.41. The van der Waals surface area contributed by atoms with Gasteiger partial charge in [-0.3, -0.25) is 0 Å². The fourth-order valence-electron chi connectivity index (χ4n) is 1.92. The van der Waals surface area contributed by atoms with Crippen LogP contribution < -0.4 is 5.32 Å². The number of hydrogen-bond donors (Lipinski definition) is 1. The fourth-order valence-corrected chi connectivity index (χ4v) is 2.18. The number of methoxy groups -OCH3 is 1. The molecule has 0 saturated heterocycles. The van der Waals surface area contributed by atoms with Crippen molar-refractivity contribution in [1.29, 1.82) is 0 Å². The minimum atomic E-state index is -0.709. The first-order chi connectivity index (χ1) is 9.61. The molecule has 0 aliphatic heterocycles. The predicted molar refractivity (Wildman–Crippen MR) is 75.8 cm³/mol. The molecule has 20 heavy (non-hydrogen) atoms. The van der Waals surface area contributed by atoms with Crippen LogP contribution in [0.5, 0.6) is 0 Å². The number of nitrogens with one attached hydrogen (secondary N) is 1. The zero-order chi connectivity index (χ0) is 14.5. The summed E-state index contributed by atoms with van der Waals surface area (Å²) in [4.78, 5) is 0. The minimum Gasteiger partial charge on any atom is -0.380 e. The molecule has 2 nitrogen and oxygen atoms in total. The van der Waals surface area contributed by atoms with E-state index in [1.807, 2.05) is 24.3 Å². The summed E-state index contributed by atoms with van der Waals surface area (Å²) in [5.41, 5.74) is 2.07. The summed E-state index contributed by atoms with van der Waals surface area (Å²) in [6, 6.07) is 9.52. The van der Waals surface area contributed by atoms with E-state index in [0.29, 0.717) is 13.2 Å². The van der Waals surface area contributed by atoms with E-state index in [2.05, 4.69) is 5.32 Å². The van der Waals surface area contributed by atoms with Crippen molar-refractivity contribution in [2.45, 2.75) is 13.2 Å². The first-order valence-electron chi connectivity index (χ1n) is 6.06. The molecule has 0 radical (unpaired) electrons. The Morgan fingerprint density at radius 3 is 2.50 bits per heavy atom. The Bertz CT molecular complexity index is 581. The van der Waals surface area contributed by atoms with Gasteiger partial charge in [0.1, 0.15) is 5.82 Å². The molecule has 0 aliphatic carbocycles. The van der Waals surface area contributed by atoms with Gasteiger partial charge in [-0.2, -0.15) is 0 Å². The fraction of sp³-hybridized carbons (Fsp3) is 0.200. The third kappa shape index (κ3) is 3.46. The van der Waals surface area contributed by atoms with Crippen molar-refractivity contribution in [3.8, 4) is 0 Å². The highest BCUT2D eigenvalue weighted by Crippen LogP contribution is 2.27. The zero-order valence-corrected chi connectivity index (χ0v) is 11.7. The van der Waals surface area contributed by atoms with Gasteiger partial charge in [0.15, 0.2) is 5.82 Å². The van der Waals surface area contributed by atoms with Crippen molar-refractivity contribution in [3.05, 3.63) is 64.2 Å². The first kappa shape index (κ1) is 14.8. The highest BCUT2D eigenvalue weighted by Gasteiger charge is 2.10. The van der Waals surface area contributed by atoms with Crippen molar-refractivity contribution in [2.24, 2.45) is 0 Å². The van der Waals surface area contributed by atoms with Crippen LogP contribution in [0, 0.1) is 11.6 Å². The second-order valence-electron chi connectivity index (χ2n) is 4.30. The summed E-state index contributed by atoms with van der Waals surface area (Å²) in [6.07, 6.45) is 0. The van der Waals surface area contributed by atoms with Crippen LogP contribution in [0.15, 0.2) is 36.4 Å². The van der Waals surface area contributed by atoms with Gasteiger partial charge in [-0.05, 0) is 17.2 Å². The van der Waals surface area contributed by atoms with Crippen LogP contribution in [0.3, 0.4) is 0 Å². The van der Waals surface area contributed by atoms with E-state index < -0.39 is 11.6 Å². The van der Waals surface area contributed by atoms with Crippen molar-refractivity contribution in [2.75, 3.05) is 12.4 Å². The van der Waals surface area contributed by atoms with Gasteiger partial charge in [0.2, 0.25) is 0 Å². The molecule has 0 fully saturated rings. The maximum Gasteiger partial charge on any atom is 0.150 e. The van der Waals surface area contributed by atoms with E-state index in [0.717, 1.165) is 23.3 Å². The molecule has 5 heteroatoms. The smallest absolute Gasteiger partial charge is 0.150 e. The predicted octanol–water partition coefficient (Wildman–Crippen LogP) is 4.38. The summed E-state index contributed by atoms with van der Waals surface area (Å²) in [5, 5.41) is 2.91. The van der Waals surface area contributed by atoms with E-state index in [-0.39, 0.29) is 10.7 Å². The van der Waals surface area contributed by atoms with Gasteiger partial charge < -0.3 is 10.1 Å². The number of hydrogen-bond acceptors (Lipinski definition) is 2. The Labute approximate surface area is 121 Å². The van der Waals surface area contributed by atoms with Crippen LogP contribution in [0.4, 0.5) is 14.5 Å². The molecule has 0 aliphatic rings. The van der Waals surface area contributed by atoms with Crippen LogP contribution in [0.2, 0.25) is 5.02 Å². The quantitative estimate of drug-likeness (QED) is 0.884. The van der Waals surface area contributed by atoms with E-state index in [1.54, 1.807) is 7.11 Å². The lowest BCUT2D eigenvalue weighted by molar-refractivity contribution is 0.184. The van der Waals surface area contributed by atoms with Gasteiger partial charge in [-0.25, -0.2) is 8.78 Å². The number of benzene rings is 2. The molecule has 0 spiro atoms. The van der Waals surface area contributed by atoms with Crippen LogP contribution in [-0.2, 0) is 17.9 Å². The molecule has 0 heterocycles. The molecule has 0 unspecified atom stereocenters. The summed E-state index contributed by atoms with van der Waals surface area (Å²) < 4.78 is 31.7. The Balaban J connectivity index is 2.17. The van der Waals surface area contributed by atoms with E-state index in [9.17, 15) is 8.78 Å². The van der Waals surface area contributed by atoms with E-state index in [1.165, 1.54) is 0 Å². The normalized spacial score (nSPS) is 10.6. The molecule has 0 amide bonds. The highest BCUT2D eigenvalue weighted by molar-refractivity contribution is 6.33. The van der Waals surface area contributed by atoms with Crippen LogP contribution in [-0.4, -0.2) is 7.11 Å². The number of anilines is 1. The molecule has 1 N–H and O–H groups in total. The maximum atomic E-state index is 13.7. The van der Waals surface area contributed by atoms with Crippen molar-refractivity contribution >= 4 is 17.3 Å². The van der Waals surface area contributed by atoms with Gasteiger partial charge in [-0.15, -0.1) is 0 Å². The number of ether oxygens (including phenoxy) is 1. The van der Waals surface area contributed by atoms with E-state index in [4.69, 9.17) is 16.3 Å². The monoisotopic (exact) mass is 297 g/mol. The standard InChI is InChI=1S/C15H14ClF2NO/c1-20-9-11-5-3-2-4-10(11)8-19-15-13(16)6-12(17)7-14(15)18/h2-7,19H,8-9H2,1H3. The van der Waals surface area contributed by atoms with Crippen LogP contribution in [0.1, 0.15) is 11.1 Å². The molecule has 0 aromatic heterocycles. The molecule has 106 valence electrons. The summed E-state index contributed by atoms with van der Waals surface area (Å²) in [7, 11) is 1.61. The topological polar surface area (TPSA) is 21.3 Å². The van der Waals surface area contributed by atoms with Crippen molar-refractivity contribution in [1.82, 2.24) is 0 Å². The lowest BCUT2D eigenvalue weighted by atomic mass is 10.1. The molecule has 0 saturated carbocycles. The van der Waals surface area contributed by atoms with Gasteiger partial charge in [0.25, 0.3) is 0 Å². The van der Waals surface area contributed by atoms with Gasteiger partial charge in [0, 0.05) is 19.7 Å². The Kier molecular flexibility index (Phi) is 4.93. The number of rotatable bonds is 5. The summed E-state index contributed by atoms with van der Waals surface area (Å²) >= 11 is 5.83. The molecule has 0 bridgehead atoms. The average Bonchev–Trinajstić information content (AvgIpc) is 2.39. The van der Waals surface area contributed by atoms with Crippen molar-refractivity contribution < 1.29 is 13.5 Å². The molecule has 2 rings (SSSR count). The second kappa shape index (κ2) is 6.68. The minimum absolute atomic E-state index is 0.0201. The number of halogens is 3. The second-order valence-corrected chi connectivity index (χ2v) is 4.71. The third-order valence-corrected chi connectivity index (χ3v) is 3.18. The Hall–Kier alpha value is -1.65. The highest BCUT2D eigenvalue weighted by atomic mass is 35.5. The Morgan fingerprint density at radius 2 is 1.85 bits per heavy atom. The third-order valence-electron chi connectivity index (χ3n) is 2.88. The molecule has 0 atom stereocenters. The van der Waals surface area contributed by atoms with Crippen LogP contribution >= 0.6 is 11.6 Å². The lowest BCUT2D eigenvalue weighted by Gasteiger charge is -2.12. The average molecular weight is 298 g/mol. The SMILES string of the molecule is COCc1ccccc1CNc1c(F)cc(F)cc1Cl. The van der Waals surface area contributed by atoms with Gasteiger partial charge >= 0.3 is 0 Å². The molecule has 2 aromatic rings. The molecular weight excluding hydrogens is 284 g/mol. The molecule has 2 aromatic carbocycles. The van der Waals surface area contributed by atoms with Gasteiger partial charge in [-0.1, -0.05) is 35.9 Å². The lowest BCUT2D eigenvalue weighted by Crippen LogP contribution is -2.05. The van der Waals surface area contributed by atoms with Crippen molar-refractivity contribution in [3.63, 3.8) is 0 Å². The zero-order valence-electron chi connectivity index (χ0n) is 10.9. The first-order valence-corrected chi connectivity index (χ1v) is 6.43. The summed E-state index contributed by atoms with van der Waals surface area (Å²) in [6.45, 7) is 0.847. The largest absolute Gasteiger partial charge is 0.380 e. The molecular formula is C15H14ClF2NO. The van der Waals surface area contributed by atoms with Gasteiger partial charge in [0.05, 0.1) is 17.3 Å². The van der Waals surface area contributed by atoms with Crippen LogP contribution in [0.25, 0.3) is 0 Å². The Morgan fingerprint density at radius 1 is 1.15 bits per heavy atom.